The molecule has 1 unspecified atom stereocenters. The van der Waals surface area contributed by atoms with Crippen LogP contribution >= 0.6 is 15.9 Å². The first-order valence-corrected chi connectivity index (χ1v) is 4.94. The molecule has 1 aromatic heterocycles. The number of rotatable bonds is 3. The Bertz CT molecular complexity index is 336. The van der Waals surface area contributed by atoms with Crippen molar-refractivity contribution in [2.24, 2.45) is 0 Å². The Morgan fingerprint density at radius 1 is 1.77 bits per heavy atom. The first-order chi connectivity index (χ1) is 6.15. The van der Waals surface area contributed by atoms with Crippen LogP contribution in [0.3, 0.4) is 0 Å². The first-order valence-electron chi connectivity index (χ1n) is 4.14. The zero-order chi connectivity index (χ0) is 9.84. The van der Waals surface area contributed by atoms with Crippen LogP contribution in [-0.2, 0) is 0 Å². The molecule has 0 aliphatic heterocycles. The van der Waals surface area contributed by atoms with Crippen LogP contribution in [0.5, 0.6) is 0 Å². The van der Waals surface area contributed by atoms with Gasteiger partial charge in [-0.05, 0) is 29.3 Å². The summed E-state index contributed by atoms with van der Waals surface area (Å²) >= 11 is 3.19. The number of aromatic nitrogens is 2. The monoisotopic (exact) mass is 245 g/mol. The molecule has 5 heteroatoms. The van der Waals surface area contributed by atoms with Crippen molar-refractivity contribution in [2.45, 2.75) is 26.3 Å². The fourth-order valence-electron chi connectivity index (χ4n) is 0.852. The van der Waals surface area contributed by atoms with Gasteiger partial charge in [-0.1, -0.05) is 6.92 Å². The van der Waals surface area contributed by atoms with Gasteiger partial charge in [0.15, 0.2) is 0 Å². The van der Waals surface area contributed by atoms with Crippen LogP contribution in [0.15, 0.2) is 15.5 Å². The highest BCUT2D eigenvalue weighted by atomic mass is 79.9. The number of hydrogen-bond acceptors (Lipinski definition) is 3. The Hall–Kier alpha value is -0.840. The van der Waals surface area contributed by atoms with Gasteiger partial charge in [-0.25, -0.2) is 5.10 Å². The SMILES string of the molecule is CCC(C)Nc1cn[nH]c(=O)c1Br. The van der Waals surface area contributed by atoms with E-state index >= 15 is 0 Å². The van der Waals surface area contributed by atoms with Crippen molar-refractivity contribution in [3.8, 4) is 0 Å². The highest BCUT2D eigenvalue weighted by molar-refractivity contribution is 9.10. The minimum atomic E-state index is -0.215. The van der Waals surface area contributed by atoms with Crippen molar-refractivity contribution in [3.05, 3.63) is 21.0 Å². The highest BCUT2D eigenvalue weighted by Gasteiger charge is 2.05. The topological polar surface area (TPSA) is 57.8 Å². The van der Waals surface area contributed by atoms with Gasteiger partial charge in [-0.15, -0.1) is 0 Å². The average molecular weight is 246 g/mol. The Kier molecular flexibility index (Phi) is 3.48. The molecule has 1 rings (SSSR count). The van der Waals surface area contributed by atoms with Gasteiger partial charge in [0.2, 0.25) is 0 Å². The maximum Gasteiger partial charge on any atom is 0.280 e. The van der Waals surface area contributed by atoms with Crippen LogP contribution in [0, 0.1) is 0 Å². The fraction of sp³-hybridized carbons (Fsp3) is 0.500. The van der Waals surface area contributed by atoms with Crippen LogP contribution < -0.4 is 10.9 Å². The van der Waals surface area contributed by atoms with Crippen molar-refractivity contribution in [2.75, 3.05) is 5.32 Å². The lowest BCUT2D eigenvalue weighted by molar-refractivity contribution is 0.760. The summed E-state index contributed by atoms with van der Waals surface area (Å²) in [4.78, 5) is 11.1. The van der Waals surface area contributed by atoms with Crippen molar-refractivity contribution in [1.82, 2.24) is 10.2 Å². The van der Waals surface area contributed by atoms with Gasteiger partial charge in [0.25, 0.3) is 5.56 Å². The predicted octanol–water partition coefficient (Wildman–Crippen LogP) is 1.74. The van der Waals surface area contributed by atoms with Gasteiger partial charge in [0.05, 0.1) is 11.9 Å². The van der Waals surface area contributed by atoms with Crippen molar-refractivity contribution >= 4 is 21.6 Å². The highest BCUT2D eigenvalue weighted by Crippen LogP contribution is 2.16. The molecule has 1 atom stereocenters. The van der Waals surface area contributed by atoms with E-state index in [1.807, 2.05) is 6.92 Å². The quantitative estimate of drug-likeness (QED) is 0.854. The van der Waals surface area contributed by atoms with E-state index in [0.717, 1.165) is 12.1 Å². The van der Waals surface area contributed by atoms with Crippen LogP contribution in [0.2, 0.25) is 0 Å². The van der Waals surface area contributed by atoms with Gasteiger partial charge in [-0.3, -0.25) is 4.79 Å². The molecule has 0 bridgehead atoms. The summed E-state index contributed by atoms with van der Waals surface area (Å²) in [6, 6.07) is 0.333. The predicted molar refractivity (Wildman–Crippen MR) is 55.9 cm³/mol. The number of nitrogens with zero attached hydrogens (tertiary/aromatic N) is 1. The summed E-state index contributed by atoms with van der Waals surface area (Å²) in [6.07, 6.45) is 2.59. The van der Waals surface area contributed by atoms with Crippen LogP contribution in [0.4, 0.5) is 5.69 Å². The molecule has 0 aromatic carbocycles. The lowest BCUT2D eigenvalue weighted by Crippen LogP contribution is -2.18. The zero-order valence-corrected chi connectivity index (χ0v) is 9.18. The molecule has 0 amide bonds. The van der Waals surface area contributed by atoms with E-state index in [1.54, 1.807) is 6.20 Å². The molecule has 0 aliphatic carbocycles. The lowest BCUT2D eigenvalue weighted by atomic mass is 10.2. The smallest absolute Gasteiger partial charge is 0.280 e. The summed E-state index contributed by atoms with van der Waals surface area (Å²) in [5.74, 6) is 0. The molecule has 1 heterocycles. The van der Waals surface area contributed by atoms with E-state index in [2.05, 4.69) is 38.4 Å². The van der Waals surface area contributed by atoms with Gasteiger partial charge in [0, 0.05) is 6.04 Å². The number of nitrogens with one attached hydrogen (secondary N) is 2. The zero-order valence-electron chi connectivity index (χ0n) is 7.60. The van der Waals surface area contributed by atoms with Gasteiger partial charge < -0.3 is 5.32 Å². The van der Waals surface area contributed by atoms with Crippen molar-refractivity contribution < 1.29 is 0 Å². The summed E-state index contributed by atoms with van der Waals surface area (Å²) in [5, 5.41) is 9.21. The van der Waals surface area contributed by atoms with Crippen LogP contribution in [0.25, 0.3) is 0 Å². The van der Waals surface area contributed by atoms with Crippen molar-refractivity contribution in [1.29, 1.82) is 0 Å². The van der Waals surface area contributed by atoms with Gasteiger partial charge in [0.1, 0.15) is 4.47 Å². The molecular formula is C8H12BrN3O. The Morgan fingerprint density at radius 3 is 3.08 bits per heavy atom. The van der Waals surface area contributed by atoms with E-state index < -0.39 is 0 Å². The third-order valence-electron chi connectivity index (χ3n) is 1.81. The second-order valence-corrected chi connectivity index (χ2v) is 3.67. The van der Waals surface area contributed by atoms with Crippen molar-refractivity contribution in [3.63, 3.8) is 0 Å². The maximum atomic E-state index is 11.1. The molecule has 0 radical (unpaired) electrons. The number of hydrogen-bond donors (Lipinski definition) is 2. The molecule has 4 nitrogen and oxygen atoms in total. The molecule has 2 N–H and O–H groups in total. The van der Waals surface area contributed by atoms with E-state index in [4.69, 9.17) is 0 Å². The molecule has 13 heavy (non-hydrogen) atoms. The van der Waals surface area contributed by atoms with Gasteiger partial charge in [-0.2, -0.15) is 5.10 Å². The van der Waals surface area contributed by atoms with Crippen LogP contribution in [-0.4, -0.2) is 16.2 Å². The Balaban J connectivity index is 2.89. The molecule has 0 spiro atoms. The third-order valence-corrected chi connectivity index (χ3v) is 2.60. The average Bonchev–Trinajstić information content (AvgIpc) is 2.13. The second kappa shape index (κ2) is 4.41. The minimum absolute atomic E-state index is 0.215. The summed E-state index contributed by atoms with van der Waals surface area (Å²) in [7, 11) is 0. The van der Waals surface area contributed by atoms with E-state index in [-0.39, 0.29) is 5.56 Å². The normalized spacial score (nSPS) is 12.5. The molecule has 72 valence electrons. The third kappa shape index (κ3) is 2.55. The Morgan fingerprint density at radius 2 is 2.46 bits per heavy atom. The van der Waals surface area contributed by atoms with E-state index in [9.17, 15) is 4.79 Å². The number of halogens is 1. The second-order valence-electron chi connectivity index (χ2n) is 2.88. The molecule has 1 aromatic rings. The Labute approximate surface area is 84.9 Å². The summed E-state index contributed by atoms with van der Waals surface area (Å²) in [6.45, 7) is 4.12. The van der Waals surface area contributed by atoms with Gasteiger partial charge >= 0.3 is 0 Å². The standard InChI is InChI=1S/C8H12BrN3O/c1-3-5(2)11-6-4-10-12-8(13)7(6)9/h4-5H,3H2,1-2H3,(H2,11,12,13). The number of aromatic amines is 1. The minimum Gasteiger partial charge on any atom is -0.380 e. The summed E-state index contributed by atoms with van der Waals surface area (Å²) in [5.41, 5.74) is 0.520. The first kappa shape index (κ1) is 10.2. The molecule has 0 aliphatic rings. The summed E-state index contributed by atoms with van der Waals surface area (Å²) < 4.78 is 0.503. The molecule has 0 saturated carbocycles. The number of anilines is 1. The van der Waals surface area contributed by atoms with E-state index in [0.29, 0.717) is 10.5 Å². The number of H-pyrrole nitrogens is 1. The largest absolute Gasteiger partial charge is 0.380 e. The van der Waals surface area contributed by atoms with E-state index in [1.165, 1.54) is 0 Å². The molecular weight excluding hydrogens is 234 g/mol. The lowest BCUT2D eigenvalue weighted by Gasteiger charge is -2.12. The maximum absolute atomic E-state index is 11.1. The molecule has 0 saturated heterocycles. The van der Waals surface area contributed by atoms with Crippen LogP contribution in [0.1, 0.15) is 20.3 Å². The molecule has 0 fully saturated rings. The fourth-order valence-corrected chi connectivity index (χ4v) is 1.16.